The van der Waals surface area contributed by atoms with Crippen LogP contribution >= 0.6 is 0 Å². The van der Waals surface area contributed by atoms with Gasteiger partial charge in [-0.2, -0.15) is 4.39 Å². The number of carboxylic acids is 1. The molecule has 8 heteroatoms. The van der Waals surface area contributed by atoms with Crippen LogP contribution in [0.2, 0.25) is 0 Å². The standard InChI is InChI=1S/C26H32FNO5S/c1-3-5-14-26(15-6-4-2)18-28(20-10-8-7-9-11-20)23-13-12-21(33-17-22(27)25(29)30)16-24(23)34(31,32)19-26/h7-13,16-17H,3-6,14-15,18-19H2,1-2H3,(H,29,30)/b22-17-. The highest BCUT2D eigenvalue weighted by molar-refractivity contribution is 7.91. The third kappa shape index (κ3) is 5.97. The lowest BCUT2D eigenvalue weighted by Crippen LogP contribution is -2.38. The molecule has 0 spiro atoms. The molecule has 0 bridgehead atoms. The lowest BCUT2D eigenvalue weighted by molar-refractivity contribution is -0.134. The van der Waals surface area contributed by atoms with Crippen molar-refractivity contribution in [3.8, 4) is 5.75 Å². The van der Waals surface area contributed by atoms with Crippen LogP contribution in [0.15, 0.2) is 65.5 Å². The van der Waals surface area contributed by atoms with Crippen molar-refractivity contribution in [1.82, 2.24) is 0 Å². The highest BCUT2D eigenvalue weighted by atomic mass is 32.2. The summed E-state index contributed by atoms with van der Waals surface area (Å²) in [5, 5.41) is 8.71. The van der Waals surface area contributed by atoms with Gasteiger partial charge < -0.3 is 14.7 Å². The monoisotopic (exact) mass is 489 g/mol. The number of ether oxygens (including phenoxy) is 1. The summed E-state index contributed by atoms with van der Waals surface area (Å²) in [7, 11) is -3.72. The first kappa shape index (κ1) is 25.7. The van der Waals surface area contributed by atoms with Crippen molar-refractivity contribution in [2.75, 3.05) is 17.2 Å². The second kappa shape index (κ2) is 11.0. The summed E-state index contributed by atoms with van der Waals surface area (Å²) < 4.78 is 46.0. The maximum atomic E-state index is 13.7. The van der Waals surface area contributed by atoms with E-state index >= 15 is 0 Å². The van der Waals surface area contributed by atoms with E-state index in [-0.39, 0.29) is 16.4 Å². The van der Waals surface area contributed by atoms with E-state index in [9.17, 15) is 17.6 Å². The number of rotatable bonds is 10. The van der Waals surface area contributed by atoms with Crippen molar-refractivity contribution in [3.05, 3.63) is 60.6 Å². The Kier molecular flexibility index (Phi) is 8.36. The number of fused-ring (bicyclic) bond motifs is 1. The van der Waals surface area contributed by atoms with E-state index in [0.29, 0.717) is 18.5 Å². The summed E-state index contributed by atoms with van der Waals surface area (Å²) in [5.74, 6) is -3.16. The average Bonchev–Trinajstić information content (AvgIpc) is 2.92. The van der Waals surface area contributed by atoms with Gasteiger partial charge in [-0.25, -0.2) is 13.2 Å². The minimum absolute atomic E-state index is 0.0130. The Morgan fingerprint density at radius 2 is 1.76 bits per heavy atom. The molecule has 2 aromatic carbocycles. The number of hydrogen-bond acceptors (Lipinski definition) is 5. The molecule has 34 heavy (non-hydrogen) atoms. The van der Waals surface area contributed by atoms with E-state index in [1.54, 1.807) is 6.07 Å². The summed E-state index contributed by atoms with van der Waals surface area (Å²) in [4.78, 5) is 12.9. The maximum Gasteiger partial charge on any atom is 0.368 e. The molecule has 0 saturated heterocycles. The fourth-order valence-electron chi connectivity index (χ4n) is 4.53. The number of halogens is 1. The van der Waals surface area contributed by atoms with Crippen LogP contribution < -0.4 is 9.64 Å². The van der Waals surface area contributed by atoms with Gasteiger partial charge in [0, 0.05) is 23.7 Å². The summed E-state index contributed by atoms with van der Waals surface area (Å²) in [5.41, 5.74) is 1.01. The minimum Gasteiger partial charge on any atom is -0.476 e. The van der Waals surface area contributed by atoms with Gasteiger partial charge in [0.25, 0.3) is 0 Å². The molecule has 0 aromatic heterocycles. The third-order valence-corrected chi connectivity index (χ3v) is 8.23. The lowest BCUT2D eigenvalue weighted by Gasteiger charge is -2.37. The van der Waals surface area contributed by atoms with Gasteiger partial charge in [-0.15, -0.1) is 0 Å². The number of carbonyl (C=O) groups is 1. The number of nitrogens with zero attached hydrogens (tertiary/aromatic N) is 1. The maximum absolute atomic E-state index is 13.7. The molecule has 0 radical (unpaired) electrons. The summed E-state index contributed by atoms with van der Waals surface area (Å²) in [6.45, 7) is 4.78. The second-order valence-electron chi connectivity index (χ2n) is 8.91. The SMILES string of the molecule is CCCCC1(CCCC)CN(c2ccccc2)c2ccc(O/C=C(\F)C(=O)O)cc2S(=O)(=O)C1. The normalized spacial score (nSPS) is 17.0. The molecule has 1 heterocycles. The Morgan fingerprint density at radius 3 is 2.35 bits per heavy atom. The van der Waals surface area contributed by atoms with E-state index < -0.39 is 27.0 Å². The fraction of sp³-hybridized carbons (Fsp3) is 0.423. The first-order valence-corrected chi connectivity index (χ1v) is 13.3. The zero-order chi connectivity index (χ0) is 24.8. The van der Waals surface area contributed by atoms with E-state index in [4.69, 9.17) is 9.84 Å². The predicted molar refractivity (Wildman–Crippen MR) is 131 cm³/mol. The van der Waals surface area contributed by atoms with Gasteiger partial charge in [-0.05, 0) is 37.1 Å². The van der Waals surface area contributed by atoms with Gasteiger partial charge in [0.2, 0.25) is 5.83 Å². The molecule has 184 valence electrons. The molecule has 1 N–H and O–H groups in total. The Labute approximate surface area is 201 Å². The smallest absolute Gasteiger partial charge is 0.368 e. The number of benzene rings is 2. The van der Waals surface area contributed by atoms with Gasteiger partial charge in [0.1, 0.15) is 12.0 Å². The van der Waals surface area contributed by atoms with Crippen LogP contribution in [0, 0.1) is 5.41 Å². The van der Waals surface area contributed by atoms with Gasteiger partial charge in [0.05, 0.1) is 16.3 Å². The Hall–Kier alpha value is -2.87. The first-order chi connectivity index (χ1) is 16.2. The van der Waals surface area contributed by atoms with Crippen molar-refractivity contribution in [2.24, 2.45) is 5.41 Å². The second-order valence-corrected chi connectivity index (χ2v) is 10.9. The number of sulfone groups is 1. The van der Waals surface area contributed by atoms with E-state index in [0.717, 1.165) is 44.2 Å². The first-order valence-electron chi connectivity index (χ1n) is 11.7. The molecule has 3 rings (SSSR count). The van der Waals surface area contributed by atoms with Gasteiger partial charge in [0.15, 0.2) is 9.84 Å². The van der Waals surface area contributed by atoms with E-state index in [1.165, 1.54) is 12.1 Å². The molecule has 0 atom stereocenters. The van der Waals surface area contributed by atoms with E-state index in [2.05, 4.69) is 18.7 Å². The topological polar surface area (TPSA) is 83.9 Å². The molecule has 1 aliphatic heterocycles. The highest BCUT2D eigenvalue weighted by Gasteiger charge is 2.42. The molecule has 2 aromatic rings. The number of unbranched alkanes of at least 4 members (excludes halogenated alkanes) is 2. The number of hydrogen-bond donors (Lipinski definition) is 1. The van der Waals surface area contributed by atoms with Crippen molar-refractivity contribution in [3.63, 3.8) is 0 Å². The van der Waals surface area contributed by atoms with Crippen LogP contribution in [-0.4, -0.2) is 31.8 Å². The molecule has 0 unspecified atom stereocenters. The van der Waals surface area contributed by atoms with Gasteiger partial charge in [-0.1, -0.05) is 57.7 Å². The Balaban J connectivity index is 2.14. The van der Waals surface area contributed by atoms with Crippen LogP contribution in [0.1, 0.15) is 52.4 Å². The minimum atomic E-state index is -3.72. The molecule has 0 fully saturated rings. The highest BCUT2D eigenvalue weighted by Crippen LogP contribution is 2.45. The molecule has 0 amide bonds. The lowest BCUT2D eigenvalue weighted by atomic mass is 9.79. The molecular weight excluding hydrogens is 457 g/mol. The van der Waals surface area contributed by atoms with Crippen molar-refractivity contribution in [2.45, 2.75) is 57.3 Å². The van der Waals surface area contributed by atoms with Crippen LogP contribution in [0.5, 0.6) is 5.75 Å². The zero-order valence-electron chi connectivity index (χ0n) is 19.7. The van der Waals surface area contributed by atoms with Crippen molar-refractivity contribution < 1.29 is 27.4 Å². The van der Waals surface area contributed by atoms with Gasteiger partial charge in [-0.3, -0.25) is 0 Å². The fourth-order valence-corrected chi connectivity index (χ4v) is 6.66. The summed E-state index contributed by atoms with van der Waals surface area (Å²) >= 11 is 0. The molecule has 1 aliphatic rings. The average molecular weight is 490 g/mol. The number of anilines is 2. The Bertz CT molecular complexity index is 1120. The third-order valence-electron chi connectivity index (χ3n) is 6.24. The van der Waals surface area contributed by atoms with Crippen LogP contribution in [0.3, 0.4) is 0 Å². The summed E-state index contributed by atoms with van der Waals surface area (Å²) in [6.07, 6.45) is 5.90. The molecule has 0 saturated carbocycles. The predicted octanol–water partition coefficient (Wildman–Crippen LogP) is 6.25. The van der Waals surface area contributed by atoms with Crippen molar-refractivity contribution >= 4 is 27.2 Å². The van der Waals surface area contributed by atoms with Gasteiger partial charge >= 0.3 is 5.97 Å². The van der Waals surface area contributed by atoms with Crippen molar-refractivity contribution in [1.29, 1.82) is 0 Å². The quantitative estimate of drug-likeness (QED) is 0.314. The molecule has 6 nitrogen and oxygen atoms in total. The number of para-hydroxylation sites is 1. The van der Waals surface area contributed by atoms with E-state index in [1.807, 2.05) is 30.3 Å². The number of carboxylic acid groups (broad SMARTS) is 1. The van der Waals surface area contributed by atoms with Crippen LogP contribution in [0.25, 0.3) is 0 Å². The van der Waals surface area contributed by atoms with Crippen LogP contribution in [0.4, 0.5) is 15.8 Å². The molecule has 0 aliphatic carbocycles. The summed E-state index contributed by atoms with van der Waals surface area (Å²) in [6, 6.07) is 14.2. The molecular formula is C26H32FNO5S. The largest absolute Gasteiger partial charge is 0.476 e. The Morgan fingerprint density at radius 1 is 1.12 bits per heavy atom. The number of aliphatic carboxylic acids is 1. The van der Waals surface area contributed by atoms with Crippen LogP contribution in [-0.2, 0) is 14.6 Å². The zero-order valence-corrected chi connectivity index (χ0v) is 20.5.